The van der Waals surface area contributed by atoms with Crippen molar-refractivity contribution < 1.29 is 19.1 Å². The molecule has 0 spiro atoms. The number of nitrogens with one attached hydrogen (secondary N) is 2. The van der Waals surface area contributed by atoms with Gasteiger partial charge in [-0.25, -0.2) is 0 Å². The van der Waals surface area contributed by atoms with Gasteiger partial charge >= 0.3 is 0 Å². The molecule has 3 aromatic rings. The summed E-state index contributed by atoms with van der Waals surface area (Å²) < 4.78 is 10.7. The van der Waals surface area contributed by atoms with Crippen molar-refractivity contribution in [3.63, 3.8) is 0 Å². The first kappa shape index (κ1) is 20.2. The Morgan fingerprint density at radius 3 is 2.45 bits per heavy atom. The van der Waals surface area contributed by atoms with E-state index in [4.69, 9.17) is 9.47 Å². The van der Waals surface area contributed by atoms with Gasteiger partial charge in [0.25, 0.3) is 5.91 Å². The van der Waals surface area contributed by atoms with Crippen LogP contribution < -0.4 is 20.1 Å². The van der Waals surface area contributed by atoms with Gasteiger partial charge in [0.15, 0.2) is 18.1 Å². The van der Waals surface area contributed by atoms with Crippen LogP contribution in [0.4, 0.5) is 11.4 Å². The summed E-state index contributed by atoms with van der Waals surface area (Å²) in [5.41, 5.74) is 1.13. The van der Waals surface area contributed by atoms with Crippen LogP contribution in [0.5, 0.6) is 11.5 Å². The van der Waals surface area contributed by atoms with Crippen molar-refractivity contribution in [3.8, 4) is 11.5 Å². The first-order valence-corrected chi connectivity index (χ1v) is 9.70. The van der Waals surface area contributed by atoms with Gasteiger partial charge in [-0.3, -0.25) is 9.59 Å². The third-order valence-electron chi connectivity index (χ3n) is 3.78. The fraction of sp³-hybridized carbons (Fsp3) is 0.0909. The van der Waals surface area contributed by atoms with Crippen molar-refractivity contribution in [2.75, 3.05) is 24.4 Å². The van der Waals surface area contributed by atoms with Crippen LogP contribution in [0.2, 0.25) is 0 Å². The molecule has 0 bridgehead atoms. The molecule has 2 N–H and O–H groups in total. The van der Waals surface area contributed by atoms with Crippen LogP contribution in [0.15, 0.2) is 72.1 Å². The average Bonchev–Trinajstić information content (AvgIpc) is 3.25. The molecule has 0 unspecified atom stereocenters. The third kappa shape index (κ3) is 6.22. The topological polar surface area (TPSA) is 76.7 Å². The van der Waals surface area contributed by atoms with Crippen LogP contribution in [0, 0.1) is 0 Å². The van der Waals surface area contributed by atoms with Gasteiger partial charge < -0.3 is 20.1 Å². The highest BCUT2D eigenvalue weighted by atomic mass is 32.1. The molecule has 0 fully saturated rings. The molecule has 148 valence electrons. The van der Waals surface area contributed by atoms with Crippen LogP contribution in [0.3, 0.4) is 0 Å². The standard InChI is InChI=1S/C22H20N2O4S/c1-27-19-9-2-3-10-20(19)28-15-22(26)24-17-7-4-6-16(14-17)23-21(25)12-11-18-8-5-13-29-18/h2-14H,15H2,1H3,(H,23,25)(H,24,26)/b12-11+. The summed E-state index contributed by atoms with van der Waals surface area (Å²) in [4.78, 5) is 25.2. The van der Waals surface area contributed by atoms with E-state index in [-0.39, 0.29) is 18.4 Å². The number of amides is 2. The Balaban J connectivity index is 1.53. The summed E-state index contributed by atoms with van der Waals surface area (Å²) in [5, 5.41) is 7.46. The van der Waals surface area contributed by atoms with Crippen molar-refractivity contribution >= 4 is 40.6 Å². The van der Waals surface area contributed by atoms with Gasteiger partial charge in [-0.15, -0.1) is 11.3 Å². The third-order valence-corrected chi connectivity index (χ3v) is 4.62. The number of methoxy groups -OCH3 is 1. The summed E-state index contributed by atoms with van der Waals surface area (Å²) in [6.07, 6.45) is 3.22. The number of rotatable bonds is 8. The van der Waals surface area contributed by atoms with E-state index in [0.29, 0.717) is 22.9 Å². The van der Waals surface area contributed by atoms with Gasteiger partial charge in [0.05, 0.1) is 7.11 Å². The fourth-order valence-corrected chi connectivity index (χ4v) is 3.10. The lowest BCUT2D eigenvalue weighted by Crippen LogP contribution is -2.20. The number of thiophene rings is 1. The first-order valence-electron chi connectivity index (χ1n) is 8.82. The predicted octanol–water partition coefficient (Wildman–Crippen LogP) is 4.43. The molecule has 0 atom stereocenters. The van der Waals surface area contributed by atoms with Gasteiger partial charge in [-0.05, 0) is 47.9 Å². The lowest BCUT2D eigenvalue weighted by Gasteiger charge is -2.11. The van der Waals surface area contributed by atoms with Crippen LogP contribution in [-0.4, -0.2) is 25.5 Å². The lowest BCUT2D eigenvalue weighted by molar-refractivity contribution is -0.118. The average molecular weight is 408 g/mol. The molecule has 0 saturated carbocycles. The molecule has 0 radical (unpaired) electrons. The molecule has 7 heteroatoms. The SMILES string of the molecule is COc1ccccc1OCC(=O)Nc1cccc(NC(=O)/C=C/c2cccs2)c1. The Morgan fingerprint density at radius 1 is 0.966 bits per heavy atom. The largest absolute Gasteiger partial charge is 0.493 e. The van der Waals surface area contributed by atoms with E-state index in [1.807, 2.05) is 23.6 Å². The van der Waals surface area contributed by atoms with Crippen molar-refractivity contribution in [2.24, 2.45) is 0 Å². The zero-order valence-electron chi connectivity index (χ0n) is 15.8. The molecule has 1 aromatic heterocycles. The molecule has 0 aliphatic carbocycles. The summed E-state index contributed by atoms with van der Waals surface area (Å²) in [5.74, 6) is 0.475. The van der Waals surface area contributed by atoms with Crippen molar-refractivity contribution in [1.82, 2.24) is 0 Å². The minimum absolute atomic E-state index is 0.166. The lowest BCUT2D eigenvalue weighted by atomic mass is 10.2. The number of anilines is 2. The monoisotopic (exact) mass is 408 g/mol. The molecular formula is C22H20N2O4S. The molecule has 2 aromatic carbocycles. The minimum atomic E-state index is -0.322. The number of hydrogen-bond acceptors (Lipinski definition) is 5. The normalized spacial score (nSPS) is 10.5. The number of carbonyl (C=O) groups excluding carboxylic acids is 2. The van der Waals surface area contributed by atoms with Crippen LogP contribution in [0.25, 0.3) is 6.08 Å². The molecule has 1 heterocycles. The van der Waals surface area contributed by atoms with Crippen LogP contribution >= 0.6 is 11.3 Å². The van der Waals surface area contributed by atoms with Crippen molar-refractivity contribution in [3.05, 3.63) is 77.0 Å². The highest BCUT2D eigenvalue weighted by Gasteiger charge is 2.08. The predicted molar refractivity (Wildman–Crippen MR) is 116 cm³/mol. The van der Waals surface area contributed by atoms with E-state index < -0.39 is 0 Å². The van der Waals surface area contributed by atoms with E-state index in [1.165, 1.54) is 13.2 Å². The van der Waals surface area contributed by atoms with E-state index in [9.17, 15) is 9.59 Å². The highest BCUT2D eigenvalue weighted by molar-refractivity contribution is 7.10. The van der Waals surface area contributed by atoms with Crippen molar-refractivity contribution in [1.29, 1.82) is 0 Å². The number of benzene rings is 2. The second kappa shape index (κ2) is 10.1. The maximum absolute atomic E-state index is 12.2. The second-order valence-corrected chi connectivity index (χ2v) is 6.89. The Labute approximate surface area is 172 Å². The second-order valence-electron chi connectivity index (χ2n) is 5.91. The van der Waals surface area contributed by atoms with E-state index in [1.54, 1.807) is 59.9 Å². The Bertz CT molecular complexity index is 1000. The molecule has 2 amide bonds. The van der Waals surface area contributed by atoms with Gasteiger partial charge in [0, 0.05) is 22.3 Å². The van der Waals surface area contributed by atoms with Gasteiger partial charge in [0.2, 0.25) is 5.91 Å². The summed E-state index contributed by atoms with van der Waals surface area (Å²) in [7, 11) is 1.54. The molecule has 6 nitrogen and oxygen atoms in total. The Morgan fingerprint density at radius 2 is 1.72 bits per heavy atom. The molecule has 29 heavy (non-hydrogen) atoms. The molecule has 0 aliphatic heterocycles. The smallest absolute Gasteiger partial charge is 0.262 e. The van der Waals surface area contributed by atoms with Gasteiger partial charge in [-0.2, -0.15) is 0 Å². The zero-order chi connectivity index (χ0) is 20.5. The quantitative estimate of drug-likeness (QED) is 0.541. The van der Waals surface area contributed by atoms with Gasteiger partial charge in [0.1, 0.15) is 0 Å². The molecular weight excluding hydrogens is 388 g/mol. The zero-order valence-corrected chi connectivity index (χ0v) is 16.6. The Kier molecular flexibility index (Phi) is 7.02. The number of carbonyl (C=O) groups is 2. The first-order chi connectivity index (χ1) is 14.1. The summed E-state index contributed by atoms with van der Waals surface area (Å²) in [6, 6.07) is 17.9. The molecule has 0 saturated heterocycles. The molecule has 3 rings (SSSR count). The number of ether oxygens (including phenoxy) is 2. The highest BCUT2D eigenvalue weighted by Crippen LogP contribution is 2.25. The number of para-hydroxylation sites is 2. The maximum Gasteiger partial charge on any atom is 0.262 e. The Hall–Kier alpha value is -3.58. The molecule has 0 aliphatic rings. The van der Waals surface area contributed by atoms with Gasteiger partial charge in [-0.1, -0.05) is 24.3 Å². The van der Waals surface area contributed by atoms with E-state index >= 15 is 0 Å². The van der Waals surface area contributed by atoms with Crippen LogP contribution in [-0.2, 0) is 9.59 Å². The van der Waals surface area contributed by atoms with E-state index in [2.05, 4.69) is 10.6 Å². The minimum Gasteiger partial charge on any atom is -0.493 e. The maximum atomic E-state index is 12.2. The van der Waals surface area contributed by atoms with Crippen molar-refractivity contribution in [2.45, 2.75) is 0 Å². The summed E-state index contributed by atoms with van der Waals surface area (Å²) >= 11 is 1.55. The van der Waals surface area contributed by atoms with Crippen LogP contribution in [0.1, 0.15) is 4.88 Å². The summed E-state index contributed by atoms with van der Waals surface area (Å²) in [6.45, 7) is -0.166. The number of hydrogen-bond donors (Lipinski definition) is 2. The van der Waals surface area contributed by atoms with E-state index in [0.717, 1.165) is 4.88 Å². The fourth-order valence-electron chi connectivity index (χ4n) is 2.48.